The highest BCUT2D eigenvalue weighted by atomic mass is 32.2. The maximum absolute atomic E-state index is 13.9. The average Bonchev–Trinajstić information content (AvgIpc) is 3.06. The van der Waals surface area contributed by atoms with Crippen molar-refractivity contribution < 1.29 is 21.6 Å². The molecule has 29 heavy (non-hydrogen) atoms. The number of halogens is 3. The number of aromatic nitrogens is 2. The van der Waals surface area contributed by atoms with Crippen LogP contribution in [0.4, 0.5) is 13.2 Å². The normalized spacial score (nSPS) is 12.1. The molecule has 146 valence electrons. The summed E-state index contributed by atoms with van der Waals surface area (Å²) in [7, 11) is -4.36. The standard InChI is InChI=1S/C21H13F3N2O2S/c22-15-11-16(23)13-17(12-15)29(27,28)26-21-8-4-2-6-18(21)20(25-26)10-9-14-5-1-3-7-19(14)24/h1-13H. The number of hydrogen-bond acceptors (Lipinski definition) is 3. The first-order valence-corrected chi connectivity index (χ1v) is 9.92. The van der Waals surface area contributed by atoms with E-state index >= 15 is 0 Å². The smallest absolute Gasteiger partial charge is 0.207 e. The van der Waals surface area contributed by atoms with Crippen molar-refractivity contribution in [1.82, 2.24) is 9.19 Å². The van der Waals surface area contributed by atoms with Crippen LogP contribution in [0.1, 0.15) is 11.3 Å². The third kappa shape index (κ3) is 3.54. The van der Waals surface area contributed by atoms with Crippen molar-refractivity contribution in [3.63, 3.8) is 0 Å². The van der Waals surface area contributed by atoms with Gasteiger partial charge in [-0.05, 0) is 36.4 Å². The van der Waals surface area contributed by atoms with Crippen LogP contribution in [0.3, 0.4) is 0 Å². The maximum Gasteiger partial charge on any atom is 0.283 e. The molecular weight excluding hydrogens is 401 g/mol. The predicted molar refractivity (Wildman–Crippen MR) is 104 cm³/mol. The first-order valence-electron chi connectivity index (χ1n) is 8.48. The Morgan fingerprint density at radius 1 is 0.828 bits per heavy atom. The van der Waals surface area contributed by atoms with Crippen LogP contribution in [0.15, 0.2) is 71.6 Å². The van der Waals surface area contributed by atoms with Gasteiger partial charge in [0.25, 0.3) is 10.0 Å². The Morgan fingerprint density at radius 3 is 2.21 bits per heavy atom. The third-order valence-electron chi connectivity index (χ3n) is 4.27. The van der Waals surface area contributed by atoms with Gasteiger partial charge < -0.3 is 0 Å². The lowest BCUT2D eigenvalue weighted by molar-refractivity contribution is 0.561. The second-order valence-corrected chi connectivity index (χ2v) is 7.98. The van der Waals surface area contributed by atoms with Gasteiger partial charge in [0.15, 0.2) is 0 Å². The van der Waals surface area contributed by atoms with Crippen molar-refractivity contribution in [1.29, 1.82) is 0 Å². The van der Waals surface area contributed by atoms with Gasteiger partial charge in [0.2, 0.25) is 0 Å². The summed E-state index contributed by atoms with van der Waals surface area (Å²) in [6.45, 7) is 0. The number of benzene rings is 3. The monoisotopic (exact) mass is 414 g/mol. The first-order chi connectivity index (χ1) is 13.9. The molecule has 0 bridgehead atoms. The number of fused-ring (bicyclic) bond motifs is 1. The summed E-state index contributed by atoms with van der Waals surface area (Å²) in [6, 6.07) is 14.6. The minimum Gasteiger partial charge on any atom is -0.207 e. The second kappa shape index (κ2) is 7.21. The lowest BCUT2D eigenvalue weighted by Gasteiger charge is -2.06. The van der Waals surface area contributed by atoms with Crippen LogP contribution in [0.5, 0.6) is 0 Å². The average molecular weight is 414 g/mol. The zero-order valence-electron chi connectivity index (χ0n) is 14.8. The van der Waals surface area contributed by atoms with Gasteiger partial charge in [0.05, 0.1) is 16.1 Å². The Kier molecular flexibility index (Phi) is 4.71. The van der Waals surface area contributed by atoms with E-state index in [1.165, 1.54) is 24.3 Å². The molecule has 0 aliphatic rings. The summed E-state index contributed by atoms with van der Waals surface area (Å²) in [5.74, 6) is -2.46. The van der Waals surface area contributed by atoms with E-state index in [4.69, 9.17) is 0 Å². The highest BCUT2D eigenvalue weighted by molar-refractivity contribution is 7.90. The molecule has 4 rings (SSSR count). The largest absolute Gasteiger partial charge is 0.283 e. The zero-order chi connectivity index (χ0) is 20.6. The van der Waals surface area contributed by atoms with Crippen LogP contribution in [0.2, 0.25) is 0 Å². The molecule has 0 fully saturated rings. The van der Waals surface area contributed by atoms with Crippen LogP contribution < -0.4 is 0 Å². The summed E-state index contributed by atoms with van der Waals surface area (Å²) in [4.78, 5) is -0.562. The van der Waals surface area contributed by atoms with Gasteiger partial charge in [-0.25, -0.2) is 13.2 Å². The van der Waals surface area contributed by atoms with Crippen molar-refractivity contribution in [3.05, 3.63) is 95.4 Å². The molecule has 0 aliphatic heterocycles. The van der Waals surface area contributed by atoms with Gasteiger partial charge in [0.1, 0.15) is 17.5 Å². The van der Waals surface area contributed by atoms with E-state index in [1.54, 1.807) is 36.4 Å². The molecule has 0 aliphatic carbocycles. The van der Waals surface area contributed by atoms with E-state index in [0.717, 1.165) is 16.2 Å². The lowest BCUT2D eigenvalue weighted by atomic mass is 10.1. The topological polar surface area (TPSA) is 52.0 Å². The van der Waals surface area contributed by atoms with E-state index in [-0.39, 0.29) is 11.2 Å². The fourth-order valence-electron chi connectivity index (χ4n) is 2.93. The maximum atomic E-state index is 13.9. The summed E-state index contributed by atoms with van der Waals surface area (Å²) in [5, 5.41) is 4.60. The van der Waals surface area contributed by atoms with Crippen LogP contribution in [0, 0.1) is 17.5 Å². The molecule has 0 amide bonds. The number of hydrogen-bond donors (Lipinski definition) is 0. The third-order valence-corrected chi connectivity index (χ3v) is 5.84. The second-order valence-electron chi connectivity index (χ2n) is 6.21. The number of rotatable bonds is 4. The number of para-hydroxylation sites is 1. The zero-order valence-corrected chi connectivity index (χ0v) is 15.6. The van der Waals surface area contributed by atoms with Gasteiger partial charge in [-0.3, -0.25) is 0 Å². The van der Waals surface area contributed by atoms with E-state index in [1.807, 2.05) is 0 Å². The van der Waals surface area contributed by atoms with Crippen molar-refractivity contribution in [2.24, 2.45) is 0 Å². The van der Waals surface area contributed by atoms with Gasteiger partial charge in [-0.2, -0.15) is 17.6 Å². The molecule has 0 atom stereocenters. The fourth-order valence-corrected chi connectivity index (χ4v) is 4.26. The quantitative estimate of drug-likeness (QED) is 0.479. The van der Waals surface area contributed by atoms with Gasteiger partial charge in [-0.15, -0.1) is 0 Å². The molecule has 0 saturated carbocycles. The van der Waals surface area contributed by atoms with E-state index in [9.17, 15) is 21.6 Å². The van der Waals surface area contributed by atoms with E-state index in [2.05, 4.69) is 5.10 Å². The summed E-state index contributed by atoms with van der Waals surface area (Å²) in [6.07, 6.45) is 2.96. The molecule has 0 N–H and O–H groups in total. The number of nitrogens with zero attached hydrogens (tertiary/aromatic N) is 2. The molecule has 1 aromatic heterocycles. The Balaban J connectivity index is 1.88. The predicted octanol–water partition coefficient (Wildman–Crippen LogP) is 4.86. The highest BCUT2D eigenvalue weighted by Gasteiger charge is 2.23. The molecule has 0 unspecified atom stereocenters. The molecule has 0 saturated heterocycles. The molecule has 1 heterocycles. The Labute approximate surface area is 164 Å². The van der Waals surface area contributed by atoms with Crippen molar-refractivity contribution in [2.75, 3.05) is 0 Å². The van der Waals surface area contributed by atoms with Crippen molar-refractivity contribution in [2.45, 2.75) is 4.90 Å². The Morgan fingerprint density at radius 2 is 1.48 bits per heavy atom. The lowest BCUT2D eigenvalue weighted by Crippen LogP contribution is -2.15. The Hall–Kier alpha value is -3.39. The van der Waals surface area contributed by atoms with Gasteiger partial charge in [-0.1, -0.05) is 36.4 Å². The fraction of sp³-hybridized carbons (Fsp3) is 0. The molecule has 8 heteroatoms. The van der Waals surface area contributed by atoms with Crippen LogP contribution >= 0.6 is 0 Å². The molecular formula is C21H13F3N2O2S. The van der Waals surface area contributed by atoms with Crippen LogP contribution in [-0.2, 0) is 10.0 Å². The molecule has 0 radical (unpaired) electrons. The van der Waals surface area contributed by atoms with Crippen molar-refractivity contribution in [3.8, 4) is 0 Å². The molecule has 4 aromatic rings. The minimum absolute atomic E-state index is 0.227. The van der Waals surface area contributed by atoms with Gasteiger partial charge >= 0.3 is 0 Å². The van der Waals surface area contributed by atoms with Crippen LogP contribution in [-0.4, -0.2) is 17.6 Å². The minimum atomic E-state index is -4.36. The van der Waals surface area contributed by atoms with Crippen LogP contribution in [0.25, 0.3) is 23.1 Å². The summed E-state index contributed by atoms with van der Waals surface area (Å²) < 4.78 is 67.6. The Bertz CT molecular complexity index is 1340. The van der Waals surface area contributed by atoms with E-state index < -0.39 is 32.4 Å². The van der Waals surface area contributed by atoms with Gasteiger partial charge in [0, 0.05) is 17.0 Å². The van der Waals surface area contributed by atoms with Crippen molar-refractivity contribution >= 4 is 33.1 Å². The SMILES string of the molecule is O=S(=O)(c1cc(F)cc(F)c1)n1nc(C=Cc2ccccc2F)c2ccccc21. The molecule has 0 spiro atoms. The van der Waals surface area contributed by atoms with E-state index in [0.29, 0.717) is 17.0 Å². The molecule has 3 aromatic carbocycles. The molecule has 4 nitrogen and oxygen atoms in total. The first kappa shape index (κ1) is 18.9. The summed E-state index contributed by atoms with van der Waals surface area (Å²) in [5.41, 5.74) is 0.802. The summed E-state index contributed by atoms with van der Waals surface area (Å²) >= 11 is 0. The highest BCUT2D eigenvalue weighted by Crippen LogP contribution is 2.25.